The van der Waals surface area contributed by atoms with Gasteiger partial charge in [0.25, 0.3) is 0 Å². The van der Waals surface area contributed by atoms with E-state index in [1.807, 2.05) is 20.8 Å². The van der Waals surface area contributed by atoms with Gasteiger partial charge in [0.2, 0.25) is 5.91 Å². The van der Waals surface area contributed by atoms with Crippen LogP contribution in [0.5, 0.6) is 0 Å². The Kier molecular flexibility index (Phi) is 4.52. The zero-order chi connectivity index (χ0) is 13.9. The van der Waals surface area contributed by atoms with E-state index in [0.29, 0.717) is 6.54 Å². The molecule has 0 spiro atoms. The number of carbonyl (C=O) groups is 1. The lowest BCUT2D eigenvalue weighted by atomic mass is 9.91. The predicted molar refractivity (Wildman–Crippen MR) is 75.3 cm³/mol. The highest BCUT2D eigenvalue weighted by atomic mass is 16.2. The Morgan fingerprint density at radius 2 is 2.00 bits per heavy atom. The van der Waals surface area contributed by atoms with Gasteiger partial charge in [0.05, 0.1) is 11.5 Å². The molecule has 0 saturated carbocycles. The summed E-state index contributed by atoms with van der Waals surface area (Å²) in [5, 5.41) is 3.03. The Labute approximate surface area is 110 Å². The average Bonchev–Trinajstić information content (AvgIpc) is 2.28. The summed E-state index contributed by atoms with van der Waals surface area (Å²) in [6.07, 6.45) is 0. The van der Waals surface area contributed by atoms with Gasteiger partial charge in [-0.1, -0.05) is 23.8 Å². The Morgan fingerprint density at radius 1 is 1.39 bits per heavy atom. The van der Waals surface area contributed by atoms with Crippen molar-refractivity contribution in [2.24, 2.45) is 11.1 Å². The fraction of sp³-hybridized carbons (Fsp3) is 0.533. The van der Waals surface area contributed by atoms with Crippen LogP contribution in [-0.4, -0.2) is 12.5 Å². The zero-order valence-electron chi connectivity index (χ0n) is 12.0. The Bertz CT molecular complexity index is 438. The van der Waals surface area contributed by atoms with Crippen LogP contribution in [0.3, 0.4) is 0 Å². The molecule has 1 rings (SSSR count). The number of rotatable bonds is 4. The summed E-state index contributed by atoms with van der Waals surface area (Å²) >= 11 is 0. The van der Waals surface area contributed by atoms with Gasteiger partial charge >= 0.3 is 0 Å². The van der Waals surface area contributed by atoms with Gasteiger partial charge in [-0.15, -0.1) is 0 Å². The fourth-order valence-corrected chi connectivity index (χ4v) is 1.87. The summed E-state index contributed by atoms with van der Waals surface area (Å²) in [6.45, 7) is 10.2. The summed E-state index contributed by atoms with van der Waals surface area (Å²) in [4.78, 5) is 12.1. The number of hydrogen-bond donors (Lipinski definition) is 2. The number of amides is 1. The number of nitrogens with two attached hydrogens (primary N) is 1. The van der Waals surface area contributed by atoms with Gasteiger partial charge in [-0.05, 0) is 45.7 Å². The first-order valence-electron chi connectivity index (χ1n) is 6.36. The maximum Gasteiger partial charge on any atom is 0.227 e. The van der Waals surface area contributed by atoms with Crippen molar-refractivity contribution in [2.75, 3.05) is 6.54 Å². The molecule has 3 N–H and O–H groups in total. The molecule has 0 aliphatic rings. The van der Waals surface area contributed by atoms with E-state index in [0.717, 1.165) is 5.56 Å². The maximum absolute atomic E-state index is 12.1. The van der Waals surface area contributed by atoms with Crippen molar-refractivity contribution < 1.29 is 4.79 Å². The summed E-state index contributed by atoms with van der Waals surface area (Å²) in [6, 6.07) is 6.28. The summed E-state index contributed by atoms with van der Waals surface area (Å²) in [5.41, 5.74) is 8.68. The van der Waals surface area contributed by atoms with Crippen LogP contribution < -0.4 is 11.1 Å². The van der Waals surface area contributed by atoms with Gasteiger partial charge < -0.3 is 11.1 Å². The number of benzene rings is 1. The van der Waals surface area contributed by atoms with Gasteiger partial charge in [0.15, 0.2) is 0 Å². The van der Waals surface area contributed by atoms with E-state index < -0.39 is 5.41 Å². The third-order valence-corrected chi connectivity index (χ3v) is 3.36. The van der Waals surface area contributed by atoms with E-state index >= 15 is 0 Å². The molecule has 0 bridgehead atoms. The van der Waals surface area contributed by atoms with Crippen molar-refractivity contribution in [3.8, 4) is 0 Å². The van der Waals surface area contributed by atoms with Crippen molar-refractivity contribution >= 4 is 5.91 Å². The normalized spacial score (nSPS) is 13.2. The molecule has 18 heavy (non-hydrogen) atoms. The second kappa shape index (κ2) is 5.53. The lowest BCUT2D eigenvalue weighted by Gasteiger charge is -2.25. The van der Waals surface area contributed by atoms with E-state index in [1.165, 1.54) is 11.1 Å². The first-order valence-corrected chi connectivity index (χ1v) is 6.36. The molecule has 0 aliphatic heterocycles. The minimum atomic E-state index is -0.521. The minimum Gasteiger partial charge on any atom is -0.349 e. The summed E-state index contributed by atoms with van der Waals surface area (Å²) < 4.78 is 0. The fourth-order valence-electron chi connectivity index (χ4n) is 1.87. The number of aryl methyl sites for hydroxylation is 2. The van der Waals surface area contributed by atoms with Crippen LogP contribution >= 0.6 is 0 Å². The zero-order valence-corrected chi connectivity index (χ0v) is 12.0. The first-order chi connectivity index (χ1) is 8.27. The van der Waals surface area contributed by atoms with Crippen LogP contribution in [0.4, 0.5) is 0 Å². The molecule has 0 fully saturated rings. The Balaban J connectivity index is 2.83. The monoisotopic (exact) mass is 248 g/mol. The molecule has 1 unspecified atom stereocenters. The molecule has 0 aliphatic carbocycles. The molecule has 3 nitrogen and oxygen atoms in total. The Morgan fingerprint density at radius 3 is 2.50 bits per heavy atom. The molecular weight excluding hydrogens is 224 g/mol. The third-order valence-electron chi connectivity index (χ3n) is 3.36. The van der Waals surface area contributed by atoms with E-state index in [9.17, 15) is 4.79 Å². The van der Waals surface area contributed by atoms with Gasteiger partial charge in [-0.3, -0.25) is 4.79 Å². The van der Waals surface area contributed by atoms with Crippen molar-refractivity contribution in [2.45, 2.75) is 40.7 Å². The van der Waals surface area contributed by atoms with Crippen LogP contribution in [-0.2, 0) is 4.79 Å². The van der Waals surface area contributed by atoms with E-state index in [4.69, 9.17) is 5.73 Å². The number of hydrogen-bond acceptors (Lipinski definition) is 2. The largest absolute Gasteiger partial charge is 0.349 e. The molecule has 1 aromatic rings. The number of nitrogens with one attached hydrogen (secondary N) is 1. The highest BCUT2D eigenvalue weighted by molar-refractivity contribution is 5.82. The van der Waals surface area contributed by atoms with Crippen molar-refractivity contribution in [1.82, 2.24) is 5.32 Å². The van der Waals surface area contributed by atoms with Crippen molar-refractivity contribution in [3.05, 3.63) is 34.9 Å². The summed E-state index contributed by atoms with van der Waals surface area (Å²) in [5.74, 6) is -0.00234. The second-order valence-corrected chi connectivity index (χ2v) is 5.64. The standard InChI is InChI=1S/C15H24N2O/c1-10-6-7-13(11(2)8-10)12(3)17-14(18)15(4,5)9-16/h6-8,12H,9,16H2,1-5H3,(H,17,18). The van der Waals surface area contributed by atoms with Crippen molar-refractivity contribution in [3.63, 3.8) is 0 Å². The van der Waals surface area contributed by atoms with Crippen LogP contribution in [0.2, 0.25) is 0 Å². The second-order valence-electron chi connectivity index (χ2n) is 5.64. The lowest BCUT2D eigenvalue weighted by molar-refractivity contribution is -0.129. The van der Waals surface area contributed by atoms with Crippen LogP contribution in [0.1, 0.15) is 43.5 Å². The van der Waals surface area contributed by atoms with Crippen LogP contribution in [0.25, 0.3) is 0 Å². The molecule has 1 amide bonds. The molecule has 0 aromatic heterocycles. The predicted octanol–water partition coefficient (Wildman–Crippen LogP) is 2.47. The Hall–Kier alpha value is -1.35. The maximum atomic E-state index is 12.1. The van der Waals surface area contributed by atoms with Crippen molar-refractivity contribution in [1.29, 1.82) is 0 Å². The highest BCUT2D eigenvalue weighted by Gasteiger charge is 2.27. The third kappa shape index (κ3) is 3.33. The molecule has 1 aromatic carbocycles. The minimum absolute atomic E-state index is 0.00234. The van der Waals surface area contributed by atoms with Gasteiger partial charge in [0, 0.05) is 6.54 Å². The SMILES string of the molecule is Cc1ccc(C(C)NC(=O)C(C)(C)CN)c(C)c1. The van der Waals surface area contributed by atoms with E-state index in [1.54, 1.807) is 0 Å². The van der Waals surface area contributed by atoms with Gasteiger partial charge in [-0.2, -0.15) is 0 Å². The van der Waals surface area contributed by atoms with Gasteiger partial charge in [0.1, 0.15) is 0 Å². The quantitative estimate of drug-likeness (QED) is 0.860. The molecule has 0 radical (unpaired) electrons. The first kappa shape index (κ1) is 14.7. The summed E-state index contributed by atoms with van der Waals surface area (Å²) in [7, 11) is 0. The van der Waals surface area contributed by atoms with Gasteiger partial charge in [-0.25, -0.2) is 0 Å². The van der Waals surface area contributed by atoms with E-state index in [2.05, 4.69) is 37.4 Å². The highest BCUT2D eigenvalue weighted by Crippen LogP contribution is 2.21. The molecule has 100 valence electrons. The van der Waals surface area contributed by atoms with E-state index in [-0.39, 0.29) is 11.9 Å². The average molecular weight is 248 g/mol. The smallest absolute Gasteiger partial charge is 0.227 e. The lowest BCUT2D eigenvalue weighted by Crippen LogP contribution is -2.42. The molecular formula is C15H24N2O. The molecule has 1 atom stereocenters. The molecule has 3 heteroatoms. The van der Waals surface area contributed by atoms with Crippen LogP contribution in [0.15, 0.2) is 18.2 Å². The number of carbonyl (C=O) groups excluding carboxylic acids is 1. The van der Waals surface area contributed by atoms with Crippen LogP contribution in [0, 0.1) is 19.3 Å². The molecule has 0 saturated heterocycles. The molecule has 0 heterocycles. The topological polar surface area (TPSA) is 55.1 Å².